The number of benzene rings is 1. The lowest BCUT2D eigenvalue weighted by Crippen LogP contribution is -2.18. The topological polar surface area (TPSA) is 29.9 Å². The summed E-state index contributed by atoms with van der Waals surface area (Å²) in [5.74, 6) is 1.17. The third kappa shape index (κ3) is 2.02. The molecule has 1 aliphatic rings. The Hall–Kier alpha value is -1.06. The average Bonchev–Trinajstić information content (AvgIpc) is 2.98. The van der Waals surface area contributed by atoms with Gasteiger partial charge in [0.05, 0.1) is 17.1 Å². The fourth-order valence-electron chi connectivity index (χ4n) is 2.74. The van der Waals surface area contributed by atoms with Crippen LogP contribution in [0, 0.1) is 0 Å². The summed E-state index contributed by atoms with van der Waals surface area (Å²) in [6.45, 7) is 4.30. The molecule has 2 heterocycles. The Morgan fingerprint density at radius 1 is 1.50 bits per heavy atom. The summed E-state index contributed by atoms with van der Waals surface area (Å²) in [4.78, 5) is 4.80. The van der Waals surface area contributed by atoms with Crippen LogP contribution in [0.5, 0.6) is 0 Å². The Bertz CT molecular complexity index is 555. The standard InChI is InChI=1S/C14H18ClN3/c1-2-8-18-13-9-10(15)5-6-11(13)17-14(18)12-4-3-7-16-12/h5-6,9,12,16H,2-4,7-8H2,1H3. The Morgan fingerprint density at radius 2 is 2.39 bits per heavy atom. The van der Waals surface area contributed by atoms with Gasteiger partial charge in [0, 0.05) is 11.6 Å². The average molecular weight is 264 g/mol. The summed E-state index contributed by atoms with van der Waals surface area (Å²) < 4.78 is 2.32. The van der Waals surface area contributed by atoms with Gasteiger partial charge in [0.25, 0.3) is 0 Å². The van der Waals surface area contributed by atoms with Crippen LogP contribution in [0.25, 0.3) is 11.0 Å². The maximum atomic E-state index is 6.10. The van der Waals surface area contributed by atoms with E-state index in [4.69, 9.17) is 16.6 Å². The number of rotatable bonds is 3. The number of halogens is 1. The third-order valence-electron chi connectivity index (χ3n) is 3.56. The van der Waals surface area contributed by atoms with Crippen molar-refractivity contribution in [2.75, 3.05) is 6.54 Å². The molecule has 4 heteroatoms. The summed E-state index contributed by atoms with van der Waals surface area (Å²) in [5, 5.41) is 4.31. The molecule has 3 nitrogen and oxygen atoms in total. The monoisotopic (exact) mass is 263 g/mol. The van der Waals surface area contributed by atoms with Gasteiger partial charge in [-0.3, -0.25) is 0 Å². The predicted octanol–water partition coefficient (Wildman–Crippen LogP) is 3.52. The molecule has 1 aromatic heterocycles. The molecule has 1 saturated heterocycles. The molecule has 1 unspecified atom stereocenters. The molecule has 1 atom stereocenters. The molecule has 3 rings (SSSR count). The smallest absolute Gasteiger partial charge is 0.127 e. The van der Waals surface area contributed by atoms with E-state index in [0.29, 0.717) is 6.04 Å². The molecule has 0 spiro atoms. The first kappa shape index (κ1) is 12.0. The van der Waals surface area contributed by atoms with Gasteiger partial charge in [0.2, 0.25) is 0 Å². The molecule has 0 aliphatic carbocycles. The zero-order valence-corrected chi connectivity index (χ0v) is 11.4. The number of nitrogens with one attached hydrogen (secondary N) is 1. The first-order chi connectivity index (χ1) is 8.79. The van der Waals surface area contributed by atoms with Crippen LogP contribution in [0.4, 0.5) is 0 Å². The normalized spacial score (nSPS) is 19.8. The highest BCUT2D eigenvalue weighted by molar-refractivity contribution is 6.31. The second-order valence-corrected chi connectivity index (χ2v) is 5.34. The number of aromatic nitrogens is 2. The summed E-state index contributed by atoms with van der Waals surface area (Å²) in [5.41, 5.74) is 2.21. The molecule has 1 N–H and O–H groups in total. The van der Waals surface area contributed by atoms with Crippen molar-refractivity contribution in [3.8, 4) is 0 Å². The van der Waals surface area contributed by atoms with E-state index >= 15 is 0 Å². The van der Waals surface area contributed by atoms with E-state index in [9.17, 15) is 0 Å². The molecule has 96 valence electrons. The van der Waals surface area contributed by atoms with Crippen LogP contribution >= 0.6 is 11.6 Å². The van der Waals surface area contributed by atoms with Gasteiger partial charge >= 0.3 is 0 Å². The predicted molar refractivity (Wildman–Crippen MR) is 75.0 cm³/mol. The van der Waals surface area contributed by atoms with Gasteiger partial charge in [-0.05, 0) is 44.0 Å². The maximum absolute atomic E-state index is 6.10. The molecule has 0 amide bonds. The molecule has 0 radical (unpaired) electrons. The number of nitrogens with zero attached hydrogens (tertiary/aromatic N) is 2. The minimum absolute atomic E-state index is 0.405. The summed E-state index contributed by atoms with van der Waals surface area (Å²) >= 11 is 6.10. The van der Waals surface area contributed by atoms with Crippen LogP contribution in [-0.2, 0) is 6.54 Å². The lowest BCUT2D eigenvalue weighted by molar-refractivity contribution is 0.550. The van der Waals surface area contributed by atoms with Gasteiger partial charge in [-0.25, -0.2) is 4.98 Å². The van der Waals surface area contributed by atoms with Crippen molar-refractivity contribution in [1.29, 1.82) is 0 Å². The number of imidazole rings is 1. The Labute approximate surface area is 112 Å². The van der Waals surface area contributed by atoms with Crippen molar-refractivity contribution in [3.05, 3.63) is 29.0 Å². The van der Waals surface area contributed by atoms with E-state index in [1.807, 2.05) is 18.2 Å². The quantitative estimate of drug-likeness (QED) is 0.918. The van der Waals surface area contributed by atoms with Crippen molar-refractivity contribution >= 4 is 22.6 Å². The maximum Gasteiger partial charge on any atom is 0.127 e. The van der Waals surface area contributed by atoms with E-state index in [2.05, 4.69) is 16.8 Å². The number of hydrogen-bond acceptors (Lipinski definition) is 2. The molecule has 2 aromatic rings. The molecular formula is C14H18ClN3. The zero-order valence-electron chi connectivity index (χ0n) is 10.6. The van der Waals surface area contributed by atoms with Gasteiger partial charge in [-0.1, -0.05) is 18.5 Å². The fraction of sp³-hybridized carbons (Fsp3) is 0.500. The molecule has 1 aliphatic heterocycles. The van der Waals surface area contributed by atoms with Crippen molar-refractivity contribution in [2.24, 2.45) is 0 Å². The van der Waals surface area contributed by atoms with Crippen molar-refractivity contribution < 1.29 is 0 Å². The Morgan fingerprint density at radius 3 is 3.11 bits per heavy atom. The van der Waals surface area contributed by atoms with Crippen molar-refractivity contribution in [1.82, 2.24) is 14.9 Å². The SMILES string of the molecule is CCCn1c(C2CCCN2)nc2ccc(Cl)cc21. The van der Waals surface area contributed by atoms with Gasteiger partial charge in [0.1, 0.15) is 5.82 Å². The molecule has 18 heavy (non-hydrogen) atoms. The summed E-state index contributed by atoms with van der Waals surface area (Å²) in [6, 6.07) is 6.36. The molecule has 0 saturated carbocycles. The van der Waals surface area contributed by atoms with E-state index in [0.717, 1.165) is 35.6 Å². The number of fused-ring (bicyclic) bond motifs is 1. The minimum atomic E-state index is 0.405. The van der Waals surface area contributed by atoms with E-state index in [1.54, 1.807) is 0 Å². The van der Waals surface area contributed by atoms with Crippen LogP contribution in [-0.4, -0.2) is 16.1 Å². The van der Waals surface area contributed by atoms with Crippen molar-refractivity contribution in [2.45, 2.75) is 38.8 Å². The highest BCUT2D eigenvalue weighted by atomic mass is 35.5. The van der Waals surface area contributed by atoms with Gasteiger partial charge < -0.3 is 9.88 Å². The fourth-order valence-corrected chi connectivity index (χ4v) is 2.91. The molecule has 0 bridgehead atoms. The second-order valence-electron chi connectivity index (χ2n) is 4.90. The minimum Gasteiger partial charge on any atom is -0.327 e. The highest BCUT2D eigenvalue weighted by Crippen LogP contribution is 2.28. The molecular weight excluding hydrogens is 246 g/mol. The van der Waals surface area contributed by atoms with E-state index < -0.39 is 0 Å². The Balaban J connectivity index is 2.13. The van der Waals surface area contributed by atoms with Gasteiger partial charge in [-0.15, -0.1) is 0 Å². The molecule has 1 aromatic carbocycles. The number of hydrogen-bond donors (Lipinski definition) is 1. The van der Waals surface area contributed by atoms with Crippen LogP contribution in [0.3, 0.4) is 0 Å². The van der Waals surface area contributed by atoms with Crippen LogP contribution in [0.2, 0.25) is 5.02 Å². The zero-order chi connectivity index (χ0) is 12.5. The Kier molecular flexibility index (Phi) is 3.27. The first-order valence-electron chi connectivity index (χ1n) is 6.68. The third-order valence-corrected chi connectivity index (χ3v) is 3.79. The largest absolute Gasteiger partial charge is 0.327 e. The van der Waals surface area contributed by atoms with Crippen LogP contribution in [0.1, 0.15) is 38.1 Å². The van der Waals surface area contributed by atoms with Gasteiger partial charge in [-0.2, -0.15) is 0 Å². The van der Waals surface area contributed by atoms with Crippen molar-refractivity contribution in [3.63, 3.8) is 0 Å². The van der Waals surface area contributed by atoms with Crippen LogP contribution < -0.4 is 5.32 Å². The van der Waals surface area contributed by atoms with Gasteiger partial charge in [0.15, 0.2) is 0 Å². The van der Waals surface area contributed by atoms with Crippen LogP contribution in [0.15, 0.2) is 18.2 Å². The van der Waals surface area contributed by atoms with E-state index in [-0.39, 0.29) is 0 Å². The summed E-state index contributed by atoms with van der Waals surface area (Å²) in [7, 11) is 0. The highest BCUT2D eigenvalue weighted by Gasteiger charge is 2.22. The lowest BCUT2D eigenvalue weighted by Gasteiger charge is -2.13. The summed E-state index contributed by atoms with van der Waals surface area (Å²) in [6.07, 6.45) is 3.53. The first-order valence-corrected chi connectivity index (χ1v) is 7.06. The van der Waals surface area contributed by atoms with E-state index in [1.165, 1.54) is 18.7 Å². The lowest BCUT2D eigenvalue weighted by atomic mass is 10.2. The number of aryl methyl sites for hydroxylation is 1. The molecule has 1 fully saturated rings. The second kappa shape index (κ2) is 4.90.